The Hall–Kier alpha value is -1.91. The van der Waals surface area contributed by atoms with Crippen LogP contribution in [0.1, 0.15) is 13.8 Å². The van der Waals surface area contributed by atoms with E-state index in [2.05, 4.69) is 0 Å². The van der Waals surface area contributed by atoms with Crippen molar-refractivity contribution in [2.45, 2.75) is 18.7 Å². The van der Waals surface area contributed by atoms with E-state index in [1.54, 1.807) is 18.2 Å². The second kappa shape index (κ2) is 6.30. The van der Waals surface area contributed by atoms with Gasteiger partial charge < -0.3 is 10.0 Å². The predicted octanol–water partition coefficient (Wildman–Crippen LogP) is 5.08. The van der Waals surface area contributed by atoms with E-state index in [4.69, 9.17) is 11.6 Å². The number of carbonyl (C=O) groups is 1. The van der Waals surface area contributed by atoms with Crippen molar-refractivity contribution in [2.75, 3.05) is 11.4 Å². The number of phenolic OH excluding ortho intramolecular Hbond substituents is 1. The lowest BCUT2D eigenvalue weighted by molar-refractivity contribution is -0.112. The molecule has 1 aliphatic rings. The molecule has 0 unspecified atom stereocenters. The number of anilines is 1. The lowest BCUT2D eigenvalue weighted by atomic mass is 10.0. The number of aromatic hydroxyl groups is 1. The van der Waals surface area contributed by atoms with E-state index in [1.807, 2.05) is 36.1 Å². The standard InChI is InChI=1S/C18H16ClNO2S/c1-3-20-16(10-11(2)21)23-15-9-8-14(22)17(18(15)20)12-6-4-5-7-13(12)19/h4-10,22H,3H2,1-2H3/b16-10-. The fraction of sp³-hybridized carbons (Fsp3) is 0.167. The van der Waals surface area contributed by atoms with Crippen LogP contribution in [0.25, 0.3) is 11.1 Å². The third-order valence-electron chi connectivity index (χ3n) is 3.66. The van der Waals surface area contributed by atoms with Crippen molar-refractivity contribution in [3.05, 3.63) is 52.5 Å². The molecule has 0 spiro atoms. The number of benzene rings is 2. The van der Waals surface area contributed by atoms with Gasteiger partial charge in [-0.3, -0.25) is 4.79 Å². The lowest BCUT2D eigenvalue weighted by Crippen LogP contribution is -2.18. The summed E-state index contributed by atoms with van der Waals surface area (Å²) in [7, 11) is 0. The highest BCUT2D eigenvalue weighted by molar-refractivity contribution is 8.03. The van der Waals surface area contributed by atoms with Gasteiger partial charge in [-0.1, -0.05) is 41.6 Å². The fourth-order valence-electron chi connectivity index (χ4n) is 2.71. The largest absolute Gasteiger partial charge is 0.507 e. The maximum Gasteiger partial charge on any atom is 0.155 e. The van der Waals surface area contributed by atoms with Gasteiger partial charge in [0.15, 0.2) is 5.78 Å². The molecule has 118 valence electrons. The fourth-order valence-corrected chi connectivity index (χ4v) is 4.17. The van der Waals surface area contributed by atoms with Crippen LogP contribution in [0, 0.1) is 0 Å². The van der Waals surface area contributed by atoms with Gasteiger partial charge in [-0.05, 0) is 32.0 Å². The summed E-state index contributed by atoms with van der Waals surface area (Å²) in [5.41, 5.74) is 2.39. The van der Waals surface area contributed by atoms with E-state index in [9.17, 15) is 9.90 Å². The van der Waals surface area contributed by atoms with E-state index in [-0.39, 0.29) is 11.5 Å². The third kappa shape index (κ3) is 2.84. The molecule has 2 aromatic carbocycles. The molecule has 0 aromatic heterocycles. The topological polar surface area (TPSA) is 40.5 Å². The molecule has 0 fully saturated rings. The molecule has 0 aliphatic carbocycles. The van der Waals surface area contributed by atoms with Gasteiger partial charge in [-0.15, -0.1) is 0 Å². The number of nitrogens with zero attached hydrogens (tertiary/aromatic N) is 1. The smallest absolute Gasteiger partial charge is 0.155 e. The van der Waals surface area contributed by atoms with Gasteiger partial charge >= 0.3 is 0 Å². The minimum absolute atomic E-state index is 0.00210. The molecule has 0 saturated heterocycles. The zero-order valence-corrected chi connectivity index (χ0v) is 14.4. The molecule has 1 N–H and O–H groups in total. The summed E-state index contributed by atoms with van der Waals surface area (Å²) in [6.45, 7) is 4.25. The molecule has 2 aromatic rings. The first-order chi connectivity index (χ1) is 11.0. The molecule has 3 nitrogen and oxygen atoms in total. The molecule has 0 amide bonds. The summed E-state index contributed by atoms with van der Waals surface area (Å²) in [6, 6.07) is 11.0. The maximum absolute atomic E-state index is 11.5. The van der Waals surface area contributed by atoms with Crippen molar-refractivity contribution in [3.8, 4) is 16.9 Å². The first kappa shape index (κ1) is 16.0. The van der Waals surface area contributed by atoms with Crippen LogP contribution in [0.4, 0.5) is 5.69 Å². The molecular formula is C18H16ClNO2S. The Morgan fingerprint density at radius 1 is 1.30 bits per heavy atom. The Balaban J connectivity index is 2.25. The van der Waals surface area contributed by atoms with Crippen LogP contribution in [0.15, 0.2) is 52.4 Å². The van der Waals surface area contributed by atoms with Crippen molar-refractivity contribution < 1.29 is 9.90 Å². The zero-order chi connectivity index (χ0) is 16.6. The number of thioether (sulfide) groups is 1. The Labute approximate surface area is 144 Å². The monoisotopic (exact) mass is 345 g/mol. The molecule has 5 heteroatoms. The summed E-state index contributed by atoms with van der Waals surface area (Å²) in [5, 5.41) is 11.9. The summed E-state index contributed by atoms with van der Waals surface area (Å²) >= 11 is 7.87. The van der Waals surface area contributed by atoms with Gasteiger partial charge in [0.05, 0.1) is 10.7 Å². The zero-order valence-electron chi connectivity index (χ0n) is 12.8. The van der Waals surface area contributed by atoms with Gasteiger partial charge in [-0.25, -0.2) is 0 Å². The van der Waals surface area contributed by atoms with Crippen LogP contribution in [0.3, 0.4) is 0 Å². The molecule has 23 heavy (non-hydrogen) atoms. The minimum atomic E-state index is 0.00210. The van der Waals surface area contributed by atoms with Crippen LogP contribution in [0.2, 0.25) is 5.02 Å². The Morgan fingerprint density at radius 3 is 2.70 bits per heavy atom. The summed E-state index contributed by atoms with van der Waals surface area (Å²) in [5.74, 6) is 0.183. The molecule has 1 aliphatic heterocycles. The summed E-state index contributed by atoms with van der Waals surface area (Å²) in [6.07, 6.45) is 1.63. The minimum Gasteiger partial charge on any atom is -0.507 e. The first-order valence-electron chi connectivity index (χ1n) is 7.31. The van der Waals surface area contributed by atoms with Gasteiger partial charge in [0, 0.05) is 33.7 Å². The molecule has 0 bridgehead atoms. The normalized spacial score (nSPS) is 15.1. The molecule has 3 rings (SSSR count). The van der Waals surface area contributed by atoms with Crippen LogP contribution >= 0.6 is 23.4 Å². The van der Waals surface area contributed by atoms with Crippen LogP contribution in [-0.2, 0) is 4.79 Å². The van der Waals surface area contributed by atoms with E-state index in [1.165, 1.54) is 18.7 Å². The van der Waals surface area contributed by atoms with E-state index in [0.717, 1.165) is 21.2 Å². The van der Waals surface area contributed by atoms with Crippen molar-refractivity contribution >= 4 is 34.8 Å². The third-order valence-corrected chi connectivity index (χ3v) is 5.08. The molecule has 0 saturated carbocycles. The average molecular weight is 346 g/mol. The van der Waals surface area contributed by atoms with Crippen LogP contribution in [0.5, 0.6) is 5.75 Å². The maximum atomic E-state index is 11.5. The second-order valence-corrected chi connectivity index (χ2v) is 6.70. The van der Waals surface area contributed by atoms with Gasteiger partial charge in [0.2, 0.25) is 0 Å². The molecular weight excluding hydrogens is 330 g/mol. The predicted molar refractivity (Wildman–Crippen MR) is 96.2 cm³/mol. The van der Waals surface area contributed by atoms with Gasteiger partial charge in [-0.2, -0.15) is 0 Å². The summed E-state index contributed by atoms with van der Waals surface area (Å²) in [4.78, 5) is 14.5. The highest BCUT2D eigenvalue weighted by Crippen LogP contribution is 2.54. The molecule has 1 heterocycles. The average Bonchev–Trinajstić information content (AvgIpc) is 2.85. The Kier molecular flexibility index (Phi) is 4.37. The number of phenols is 1. The van der Waals surface area contributed by atoms with Crippen molar-refractivity contribution in [3.63, 3.8) is 0 Å². The molecule has 0 atom stereocenters. The Bertz CT molecular complexity index is 817. The lowest BCUT2D eigenvalue weighted by Gasteiger charge is -2.22. The Morgan fingerprint density at radius 2 is 2.04 bits per heavy atom. The van der Waals surface area contributed by atoms with E-state index >= 15 is 0 Å². The van der Waals surface area contributed by atoms with Crippen LogP contribution < -0.4 is 4.90 Å². The number of allylic oxidation sites excluding steroid dienone is 1. The number of carbonyl (C=O) groups excluding carboxylic acids is 1. The first-order valence-corrected chi connectivity index (χ1v) is 8.51. The highest BCUT2D eigenvalue weighted by Gasteiger charge is 2.30. The molecule has 0 radical (unpaired) electrons. The highest BCUT2D eigenvalue weighted by atomic mass is 35.5. The van der Waals surface area contributed by atoms with E-state index in [0.29, 0.717) is 17.1 Å². The van der Waals surface area contributed by atoms with Crippen molar-refractivity contribution in [1.82, 2.24) is 0 Å². The van der Waals surface area contributed by atoms with Crippen molar-refractivity contribution in [1.29, 1.82) is 0 Å². The van der Waals surface area contributed by atoms with Gasteiger partial charge in [0.1, 0.15) is 5.75 Å². The SMILES string of the molecule is CCN1/C(=C/C(C)=O)Sc2ccc(O)c(-c3ccccc3Cl)c21. The number of rotatable bonds is 3. The second-order valence-electron chi connectivity index (χ2n) is 5.23. The quantitative estimate of drug-likeness (QED) is 0.788. The number of halogens is 1. The van der Waals surface area contributed by atoms with Gasteiger partial charge in [0.25, 0.3) is 0 Å². The number of hydrogen-bond acceptors (Lipinski definition) is 4. The number of hydrogen-bond donors (Lipinski definition) is 1. The van der Waals surface area contributed by atoms with Crippen LogP contribution in [-0.4, -0.2) is 17.4 Å². The van der Waals surface area contributed by atoms with Crippen molar-refractivity contribution in [2.24, 2.45) is 0 Å². The number of fused-ring (bicyclic) bond motifs is 1. The summed E-state index contributed by atoms with van der Waals surface area (Å²) < 4.78 is 0. The van der Waals surface area contributed by atoms with E-state index < -0.39 is 0 Å². The number of ketones is 1.